The topological polar surface area (TPSA) is 99.8 Å². The number of aromatic nitrogens is 1. The minimum Gasteiger partial charge on any atom is -0.462 e. The van der Waals surface area contributed by atoms with E-state index >= 15 is 0 Å². The van der Waals surface area contributed by atoms with E-state index in [9.17, 15) is 9.59 Å². The van der Waals surface area contributed by atoms with E-state index in [1.54, 1.807) is 56.3 Å². The zero-order valence-electron chi connectivity index (χ0n) is 15.0. The molecule has 27 heavy (non-hydrogen) atoms. The monoisotopic (exact) mass is 365 g/mol. The Labute approximate surface area is 155 Å². The van der Waals surface area contributed by atoms with E-state index in [1.165, 1.54) is 12.3 Å². The highest BCUT2D eigenvalue weighted by Gasteiger charge is 2.08. The average Bonchev–Trinajstić information content (AvgIpc) is 3.10. The third-order valence-corrected chi connectivity index (χ3v) is 3.79. The first-order chi connectivity index (χ1) is 13.0. The Balaban J connectivity index is 1.79. The molecule has 0 spiro atoms. The molecule has 7 heteroatoms. The Bertz CT molecular complexity index is 1050. The molecule has 138 valence electrons. The number of benzene rings is 1. The van der Waals surface area contributed by atoms with Crippen molar-refractivity contribution in [3.05, 3.63) is 75.8 Å². The van der Waals surface area contributed by atoms with E-state index in [0.717, 1.165) is 15.8 Å². The van der Waals surface area contributed by atoms with Crippen LogP contribution in [-0.4, -0.2) is 23.5 Å². The number of anilines is 1. The van der Waals surface area contributed by atoms with Crippen LogP contribution in [0.3, 0.4) is 0 Å². The highest BCUT2D eigenvalue weighted by molar-refractivity contribution is 5.90. The summed E-state index contributed by atoms with van der Waals surface area (Å²) in [4.78, 5) is 23.6. The highest BCUT2D eigenvalue weighted by Crippen LogP contribution is 2.22. The molecule has 3 rings (SSSR count). The van der Waals surface area contributed by atoms with Crippen LogP contribution >= 0.6 is 0 Å². The first kappa shape index (κ1) is 18.2. The summed E-state index contributed by atoms with van der Waals surface area (Å²) in [6.45, 7) is 3.88. The molecule has 2 heterocycles. The maximum absolute atomic E-state index is 11.9. The summed E-state index contributed by atoms with van der Waals surface area (Å²) < 4.78 is 11.8. The van der Waals surface area contributed by atoms with Crippen LogP contribution in [0.4, 0.5) is 5.82 Å². The molecule has 1 aromatic carbocycles. The number of carbonyl (C=O) groups excluding carboxylic acids is 1. The lowest BCUT2D eigenvalue weighted by Crippen LogP contribution is -2.19. The van der Waals surface area contributed by atoms with Crippen molar-refractivity contribution in [3.8, 4) is 11.3 Å². The molecular formula is C20H19N3O4. The van der Waals surface area contributed by atoms with Crippen LogP contribution in [0.5, 0.6) is 0 Å². The van der Waals surface area contributed by atoms with E-state index in [-0.39, 0.29) is 17.3 Å². The number of esters is 1. The van der Waals surface area contributed by atoms with E-state index in [4.69, 9.17) is 14.9 Å². The molecular weight excluding hydrogens is 346 g/mol. The number of hydrogen-bond donors (Lipinski definition) is 1. The first-order valence-electron chi connectivity index (χ1n) is 8.39. The third kappa shape index (κ3) is 4.14. The van der Waals surface area contributed by atoms with Gasteiger partial charge in [-0.15, -0.1) is 0 Å². The predicted octanol–water partition coefficient (Wildman–Crippen LogP) is 3.06. The molecule has 7 nitrogen and oxygen atoms in total. The Hall–Kier alpha value is -3.61. The zero-order valence-corrected chi connectivity index (χ0v) is 15.0. The quantitative estimate of drug-likeness (QED) is 0.553. The van der Waals surface area contributed by atoms with Crippen molar-refractivity contribution < 1.29 is 13.9 Å². The molecule has 0 fully saturated rings. The molecule has 0 radical (unpaired) electrons. The molecule has 2 aromatic heterocycles. The summed E-state index contributed by atoms with van der Waals surface area (Å²) in [7, 11) is 0. The first-order valence-corrected chi connectivity index (χ1v) is 8.39. The lowest BCUT2D eigenvalue weighted by molar-refractivity contribution is 0.0526. The molecule has 0 atom stereocenters. The van der Waals surface area contributed by atoms with Crippen LogP contribution in [0.15, 0.2) is 62.8 Å². The number of pyridine rings is 1. The smallest absolute Gasteiger partial charge is 0.338 e. The second-order valence-electron chi connectivity index (χ2n) is 5.85. The van der Waals surface area contributed by atoms with E-state index < -0.39 is 0 Å². The lowest BCUT2D eigenvalue weighted by Gasteiger charge is -2.03. The summed E-state index contributed by atoms with van der Waals surface area (Å²) >= 11 is 0. The molecule has 3 aromatic rings. The number of rotatable bonds is 5. The van der Waals surface area contributed by atoms with E-state index in [0.29, 0.717) is 23.7 Å². The normalized spacial score (nSPS) is 11.0. The number of nitrogens with zero attached hydrogens (tertiary/aromatic N) is 2. The van der Waals surface area contributed by atoms with Gasteiger partial charge in [0.2, 0.25) is 0 Å². The number of aryl methyl sites for hydroxylation is 1. The predicted molar refractivity (Wildman–Crippen MR) is 103 cm³/mol. The second kappa shape index (κ2) is 7.74. The van der Waals surface area contributed by atoms with Gasteiger partial charge in [-0.3, -0.25) is 4.79 Å². The summed E-state index contributed by atoms with van der Waals surface area (Å²) in [6, 6.07) is 13.5. The number of nitrogens with two attached hydrogens (primary N) is 1. The van der Waals surface area contributed by atoms with Gasteiger partial charge in [0, 0.05) is 11.6 Å². The van der Waals surface area contributed by atoms with Gasteiger partial charge >= 0.3 is 5.97 Å². The Morgan fingerprint density at radius 3 is 2.63 bits per heavy atom. The molecule has 0 saturated heterocycles. The minimum absolute atomic E-state index is 0.248. The summed E-state index contributed by atoms with van der Waals surface area (Å²) in [5.74, 6) is 0.956. The zero-order chi connectivity index (χ0) is 19.4. The maximum Gasteiger partial charge on any atom is 0.338 e. The third-order valence-electron chi connectivity index (χ3n) is 3.79. The van der Waals surface area contributed by atoms with Gasteiger partial charge in [0.05, 0.1) is 18.4 Å². The minimum atomic E-state index is -0.363. The summed E-state index contributed by atoms with van der Waals surface area (Å²) in [5, 5.41) is 4.08. The standard InChI is InChI=1S/C20H19N3O4/c1-3-26-20(25)15-6-4-14(5-7-15)17-9-8-16(27-17)12-22-23-18(21)10-13(2)11-19(23)24/h4-12H,3,21H2,1-2H3/b22-12-. The summed E-state index contributed by atoms with van der Waals surface area (Å²) in [6.07, 6.45) is 1.42. The van der Waals surface area contributed by atoms with E-state index in [1.807, 2.05) is 0 Å². The summed E-state index contributed by atoms with van der Waals surface area (Å²) in [5.41, 5.74) is 7.56. The number of ether oxygens (including phenoxy) is 1. The van der Waals surface area contributed by atoms with Crippen LogP contribution in [-0.2, 0) is 4.74 Å². The Morgan fingerprint density at radius 2 is 1.96 bits per heavy atom. The fraction of sp³-hybridized carbons (Fsp3) is 0.150. The van der Waals surface area contributed by atoms with E-state index in [2.05, 4.69) is 5.10 Å². The van der Waals surface area contributed by atoms with Crippen LogP contribution in [0.1, 0.15) is 28.6 Å². The number of hydrogen-bond acceptors (Lipinski definition) is 6. The van der Waals surface area contributed by atoms with Crippen molar-refractivity contribution in [2.45, 2.75) is 13.8 Å². The van der Waals surface area contributed by atoms with Crippen molar-refractivity contribution >= 4 is 18.0 Å². The van der Waals surface area contributed by atoms with Gasteiger partial charge in [-0.1, -0.05) is 12.1 Å². The molecule has 0 bridgehead atoms. The highest BCUT2D eigenvalue weighted by atomic mass is 16.5. The van der Waals surface area contributed by atoms with Crippen molar-refractivity contribution in [2.75, 3.05) is 12.3 Å². The number of carbonyl (C=O) groups is 1. The van der Waals surface area contributed by atoms with Crippen molar-refractivity contribution in [3.63, 3.8) is 0 Å². The SMILES string of the molecule is CCOC(=O)c1ccc(-c2ccc(/C=N\n3c(N)cc(C)cc3=O)o2)cc1. The van der Waals surface area contributed by atoms with Crippen molar-refractivity contribution in [2.24, 2.45) is 5.10 Å². The van der Waals surface area contributed by atoms with Gasteiger partial charge < -0.3 is 14.9 Å². The van der Waals surface area contributed by atoms with Gasteiger partial charge in [0.25, 0.3) is 5.56 Å². The lowest BCUT2D eigenvalue weighted by atomic mass is 10.1. The van der Waals surface area contributed by atoms with Crippen molar-refractivity contribution in [1.82, 2.24) is 4.68 Å². The molecule has 0 unspecified atom stereocenters. The number of nitrogen functional groups attached to an aromatic ring is 1. The molecule has 0 saturated carbocycles. The van der Waals surface area contributed by atoms with Gasteiger partial charge in [0.15, 0.2) is 0 Å². The van der Waals surface area contributed by atoms with Gasteiger partial charge in [-0.05, 0) is 49.7 Å². The van der Waals surface area contributed by atoms with Crippen LogP contribution in [0.25, 0.3) is 11.3 Å². The Morgan fingerprint density at radius 1 is 1.22 bits per heavy atom. The Kier molecular flexibility index (Phi) is 5.21. The van der Waals surface area contributed by atoms with Gasteiger partial charge in [-0.25, -0.2) is 4.79 Å². The van der Waals surface area contributed by atoms with Crippen LogP contribution in [0, 0.1) is 6.92 Å². The molecule has 2 N–H and O–H groups in total. The van der Waals surface area contributed by atoms with Crippen LogP contribution in [0.2, 0.25) is 0 Å². The van der Waals surface area contributed by atoms with Gasteiger partial charge in [-0.2, -0.15) is 9.78 Å². The number of furan rings is 1. The molecule has 0 amide bonds. The molecule has 0 aliphatic carbocycles. The fourth-order valence-corrected chi connectivity index (χ4v) is 2.52. The van der Waals surface area contributed by atoms with Gasteiger partial charge in [0.1, 0.15) is 17.3 Å². The maximum atomic E-state index is 11.9. The fourth-order valence-electron chi connectivity index (χ4n) is 2.52. The largest absolute Gasteiger partial charge is 0.462 e. The van der Waals surface area contributed by atoms with Crippen LogP contribution < -0.4 is 11.3 Å². The molecule has 0 aliphatic heterocycles. The second-order valence-corrected chi connectivity index (χ2v) is 5.85. The average molecular weight is 365 g/mol. The van der Waals surface area contributed by atoms with Crippen molar-refractivity contribution in [1.29, 1.82) is 0 Å². The molecule has 0 aliphatic rings.